The van der Waals surface area contributed by atoms with Gasteiger partial charge < -0.3 is 4.90 Å². The molecule has 0 radical (unpaired) electrons. The van der Waals surface area contributed by atoms with Gasteiger partial charge in [0, 0.05) is 25.2 Å². The number of rotatable bonds is 11. The Morgan fingerprint density at radius 3 is 2.29 bits per heavy atom. The van der Waals surface area contributed by atoms with Crippen LogP contribution >= 0.6 is 22.9 Å². The second-order valence-electron chi connectivity index (χ2n) is 9.14. The molecule has 38 heavy (non-hydrogen) atoms. The standard InChI is InChI=1S/C28H31ClN4O3S2/c1-4-32(20-21-10-6-5-7-11-21)38(35,36)23-16-14-22(15-17-23)27(34)33(19-9-18-31(2)3)28-30-26-24(29)12-8-13-25(26)37-28/h5-8,10-17H,4,9,18-20H2,1-3H3. The Labute approximate surface area is 233 Å². The third-order valence-corrected chi connectivity index (χ3v) is 9.40. The van der Waals surface area contributed by atoms with Crippen molar-refractivity contribution in [1.82, 2.24) is 14.2 Å². The summed E-state index contributed by atoms with van der Waals surface area (Å²) in [5.74, 6) is -0.237. The predicted molar refractivity (Wildman–Crippen MR) is 156 cm³/mol. The molecule has 4 aromatic rings. The molecule has 10 heteroatoms. The molecular weight excluding hydrogens is 540 g/mol. The van der Waals surface area contributed by atoms with E-state index < -0.39 is 10.0 Å². The van der Waals surface area contributed by atoms with Crippen LogP contribution in [-0.4, -0.2) is 62.2 Å². The van der Waals surface area contributed by atoms with Crippen molar-refractivity contribution in [2.45, 2.75) is 24.8 Å². The Morgan fingerprint density at radius 2 is 1.66 bits per heavy atom. The van der Waals surface area contributed by atoms with Crippen LogP contribution in [0.1, 0.15) is 29.3 Å². The molecule has 0 bridgehead atoms. The molecule has 0 unspecified atom stereocenters. The number of sulfonamides is 1. The van der Waals surface area contributed by atoms with Crippen LogP contribution in [0.3, 0.4) is 0 Å². The second-order valence-corrected chi connectivity index (χ2v) is 12.5. The lowest BCUT2D eigenvalue weighted by Crippen LogP contribution is -2.33. The molecule has 0 aliphatic rings. The van der Waals surface area contributed by atoms with Crippen LogP contribution in [0.5, 0.6) is 0 Å². The summed E-state index contributed by atoms with van der Waals surface area (Å²) < 4.78 is 29.0. The molecule has 0 saturated carbocycles. The van der Waals surface area contributed by atoms with Gasteiger partial charge in [0.25, 0.3) is 5.91 Å². The van der Waals surface area contributed by atoms with Gasteiger partial charge in [0.2, 0.25) is 10.0 Å². The maximum atomic E-state index is 13.7. The minimum atomic E-state index is -3.73. The fourth-order valence-corrected chi connectivity index (χ4v) is 6.80. The van der Waals surface area contributed by atoms with Gasteiger partial charge in [-0.15, -0.1) is 0 Å². The van der Waals surface area contributed by atoms with E-state index in [-0.39, 0.29) is 17.3 Å². The molecule has 1 aromatic heterocycles. The van der Waals surface area contributed by atoms with Crippen LogP contribution < -0.4 is 4.90 Å². The van der Waals surface area contributed by atoms with Gasteiger partial charge in [-0.1, -0.05) is 66.3 Å². The number of hydrogen-bond donors (Lipinski definition) is 0. The molecular formula is C28H31ClN4O3S2. The molecule has 1 amide bonds. The zero-order valence-electron chi connectivity index (χ0n) is 21.7. The topological polar surface area (TPSA) is 73.8 Å². The van der Waals surface area contributed by atoms with Crippen LogP contribution in [0.15, 0.2) is 77.7 Å². The van der Waals surface area contributed by atoms with E-state index in [0.717, 1.165) is 23.2 Å². The van der Waals surface area contributed by atoms with E-state index in [4.69, 9.17) is 11.6 Å². The van der Waals surface area contributed by atoms with Crippen LogP contribution in [-0.2, 0) is 16.6 Å². The van der Waals surface area contributed by atoms with E-state index >= 15 is 0 Å². The monoisotopic (exact) mass is 570 g/mol. The fraction of sp³-hybridized carbons (Fsp3) is 0.286. The lowest BCUT2D eigenvalue weighted by Gasteiger charge is -2.22. The normalized spacial score (nSPS) is 11.9. The van der Waals surface area contributed by atoms with Crippen LogP contribution in [0.4, 0.5) is 5.13 Å². The van der Waals surface area contributed by atoms with E-state index in [1.54, 1.807) is 23.1 Å². The average Bonchev–Trinajstić information content (AvgIpc) is 3.35. The number of anilines is 1. The maximum absolute atomic E-state index is 13.7. The van der Waals surface area contributed by atoms with Crippen molar-refractivity contribution in [1.29, 1.82) is 0 Å². The number of para-hydroxylation sites is 1. The summed E-state index contributed by atoms with van der Waals surface area (Å²) in [6, 6.07) is 21.2. The lowest BCUT2D eigenvalue weighted by atomic mass is 10.2. The smallest absolute Gasteiger partial charge is 0.260 e. The number of amides is 1. The minimum absolute atomic E-state index is 0.151. The Hall–Kier alpha value is -2.82. The largest absolute Gasteiger partial charge is 0.309 e. The van der Waals surface area contributed by atoms with Gasteiger partial charge in [-0.3, -0.25) is 9.69 Å². The molecule has 3 aromatic carbocycles. The molecule has 0 spiro atoms. The summed E-state index contributed by atoms with van der Waals surface area (Å²) in [4.78, 5) is 22.2. The number of aromatic nitrogens is 1. The van der Waals surface area contributed by atoms with E-state index in [1.807, 2.05) is 63.5 Å². The first-order valence-corrected chi connectivity index (χ1v) is 15.0. The summed E-state index contributed by atoms with van der Waals surface area (Å²) in [6.45, 7) is 3.70. The molecule has 7 nitrogen and oxygen atoms in total. The Kier molecular flexibility index (Phi) is 9.17. The number of fused-ring (bicyclic) bond motifs is 1. The highest BCUT2D eigenvalue weighted by molar-refractivity contribution is 7.89. The van der Waals surface area contributed by atoms with Crippen molar-refractivity contribution >= 4 is 54.2 Å². The van der Waals surface area contributed by atoms with Gasteiger partial charge in [0.15, 0.2) is 5.13 Å². The molecule has 0 fully saturated rings. The minimum Gasteiger partial charge on any atom is -0.309 e. The first-order valence-electron chi connectivity index (χ1n) is 12.4. The number of carbonyl (C=O) groups is 1. The van der Waals surface area contributed by atoms with Crippen molar-refractivity contribution in [3.05, 3.63) is 88.9 Å². The first kappa shape index (κ1) is 28.2. The van der Waals surface area contributed by atoms with Gasteiger partial charge in [-0.05, 0) is 69.0 Å². The number of thiazole rings is 1. The van der Waals surface area contributed by atoms with Gasteiger partial charge in [0.05, 0.1) is 14.6 Å². The Bertz CT molecular complexity index is 1490. The maximum Gasteiger partial charge on any atom is 0.260 e. The number of benzene rings is 3. The molecule has 0 atom stereocenters. The molecule has 0 saturated heterocycles. The zero-order chi connectivity index (χ0) is 27.3. The summed E-state index contributed by atoms with van der Waals surface area (Å²) in [5.41, 5.74) is 1.97. The summed E-state index contributed by atoms with van der Waals surface area (Å²) in [5, 5.41) is 1.10. The third-order valence-electron chi connectivity index (χ3n) is 6.12. The highest BCUT2D eigenvalue weighted by Gasteiger charge is 2.25. The first-order chi connectivity index (χ1) is 18.2. The summed E-state index contributed by atoms with van der Waals surface area (Å²) in [7, 11) is 0.241. The summed E-state index contributed by atoms with van der Waals surface area (Å²) >= 11 is 7.75. The quantitative estimate of drug-likeness (QED) is 0.229. The molecule has 0 aliphatic carbocycles. The molecule has 4 rings (SSSR count). The van der Waals surface area contributed by atoms with Crippen molar-refractivity contribution in [2.75, 3.05) is 38.6 Å². The number of nitrogens with zero attached hydrogens (tertiary/aromatic N) is 4. The van der Waals surface area contributed by atoms with Crippen molar-refractivity contribution in [3.63, 3.8) is 0 Å². The van der Waals surface area contributed by atoms with Gasteiger partial charge >= 0.3 is 0 Å². The van der Waals surface area contributed by atoms with E-state index in [9.17, 15) is 13.2 Å². The van der Waals surface area contributed by atoms with Crippen LogP contribution in [0.2, 0.25) is 5.02 Å². The third kappa shape index (κ3) is 6.42. The molecule has 1 heterocycles. The Balaban J connectivity index is 1.60. The van der Waals surface area contributed by atoms with Crippen LogP contribution in [0, 0.1) is 0 Å². The van der Waals surface area contributed by atoms with Crippen molar-refractivity contribution in [3.8, 4) is 0 Å². The van der Waals surface area contributed by atoms with Crippen molar-refractivity contribution in [2.24, 2.45) is 0 Å². The number of carbonyl (C=O) groups excluding carboxylic acids is 1. The second kappa shape index (κ2) is 12.4. The van der Waals surface area contributed by atoms with Gasteiger partial charge in [-0.2, -0.15) is 4.31 Å². The zero-order valence-corrected chi connectivity index (χ0v) is 24.1. The number of hydrogen-bond acceptors (Lipinski definition) is 6. The molecule has 0 N–H and O–H groups in total. The van der Waals surface area contributed by atoms with E-state index in [0.29, 0.717) is 34.3 Å². The van der Waals surface area contributed by atoms with Crippen LogP contribution in [0.25, 0.3) is 10.2 Å². The SMILES string of the molecule is CCN(Cc1ccccc1)S(=O)(=O)c1ccc(C(=O)N(CCCN(C)C)c2nc3c(Cl)cccc3s2)cc1. The van der Waals surface area contributed by atoms with Crippen molar-refractivity contribution < 1.29 is 13.2 Å². The van der Waals surface area contributed by atoms with Gasteiger partial charge in [-0.25, -0.2) is 13.4 Å². The number of halogens is 1. The molecule has 0 aliphatic heterocycles. The predicted octanol–water partition coefficient (Wildman–Crippen LogP) is 5.76. The summed E-state index contributed by atoms with van der Waals surface area (Å²) in [6.07, 6.45) is 0.750. The highest BCUT2D eigenvalue weighted by atomic mass is 35.5. The molecule has 200 valence electrons. The Morgan fingerprint density at radius 1 is 0.947 bits per heavy atom. The van der Waals surface area contributed by atoms with E-state index in [1.165, 1.54) is 27.8 Å². The fourth-order valence-electron chi connectivity index (χ4n) is 4.08. The highest BCUT2D eigenvalue weighted by Crippen LogP contribution is 2.33. The average molecular weight is 571 g/mol. The lowest BCUT2D eigenvalue weighted by molar-refractivity contribution is 0.0986. The van der Waals surface area contributed by atoms with Gasteiger partial charge in [0.1, 0.15) is 5.52 Å². The van der Waals surface area contributed by atoms with E-state index in [2.05, 4.69) is 9.88 Å².